The molecule has 0 saturated carbocycles. The van der Waals surface area contributed by atoms with E-state index in [2.05, 4.69) is 25.9 Å². The molecule has 7 heteroatoms. The number of nitrogens with zero attached hydrogens (tertiary/aromatic N) is 3. The SMILES string of the molecule is Cc1ccc(NC(=O)C(Cc2cccs2)c2nn[nH]n2)cc1. The number of aromatic nitrogens is 4. The molecule has 2 aromatic heterocycles. The van der Waals surface area contributed by atoms with Crippen LogP contribution in [0.5, 0.6) is 0 Å². The topological polar surface area (TPSA) is 83.6 Å². The summed E-state index contributed by atoms with van der Waals surface area (Å²) >= 11 is 1.61. The van der Waals surface area contributed by atoms with E-state index in [0.717, 1.165) is 16.1 Å². The Morgan fingerprint density at radius 3 is 2.77 bits per heavy atom. The van der Waals surface area contributed by atoms with Crippen molar-refractivity contribution in [3.8, 4) is 0 Å². The number of thiophene rings is 1. The summed E-state index contributed by atoms with van der Waals surface area (Å²) in [6, 6.07) is 11.6. The van der Waals surface area contributed by atoms with Crippen LogP contribution in [0.1, 0.15) is 22.2 Å². The van der Waals surface area contributed by atoms with E-state index in [1.165, 1.54) is 0 Å². The summed E-state index contributed by atoms with van der Waals surface area (Å²) < 4.78 is 0. The van der Waals surface area contributed by atoms with Crippen LogP contribution < -0.4 is 5.32 Å². The zero-order valence-electron chi connectivity index (χ0n) is 12.0. The van der Waals surface area contributed by atoms with Crippen molar-refractivity contribution in [3.63, 3.8) is 0 Å². The molecule has 1 aromatic carbocycles. The average Bonchev–Trinajstić information content (AvgIpc) is 3.20. The second kappa shape index (κ2) is 6.48. The number of nitrogens with one attached hydrogen (secondary N) is 2. The molecule has 3 aromatic rings. The summed E-state index contributed by atoms with van der Waals surface area (Å²) in [7, 11) is 0. The third kappa shape index (κ3) is 3.37. The quantitative estimate of drug-likeness (QED) is 0.758. The maximum absolute atomic E-state index is 12.6. The van der Waals surface area contributed by atoms with E-state index in [0.29, 0.717) is 12.2 Å². The van der Waals surface area contributed by atoms with E-state index in [4.69, 9.17) is 0 Å². The van der Waals surface area contributed by atoms with Gasteiger partial charge < -0.3 is 5.32 Å². The highest BCUT2D eigenvalue weighted by atomic mass is 32.1. The van der Waals surface area contributed by atoms with Crippen molar-refractivity contribution in [2.24, 2.45) is 0 Å². The van der Waals surface area contributed by atoms with Gasteiger partial charge in [0.15, 0.2) is 5.82 Å². The molecule has 0 radical (unpaired) electrons. The van der Waals surface area contributed by atoms with Crippen LogP contribution in [-0.4, -0.2) is 26.5 Å². The Labute approximate surface area is 131 Å². The van der Waals surface area contributed by atoms with Crippen molar-refractivity contribution in [1.82, 2.24) is 20.6 Å². The number of hydrogen-bond donors (Lipinski definition) is 2. The highest BCUT2D eigenvalue weighted by Gasteiger charge is 2.25. The minimum atomic E-state index is -0.473. The van der Waals surface area contributed by atoms with Crippen molar-refractivity contribution in [2.75, 3.05) is 5.32 Å². The van der Waals surface area contributed by atoms with Crippen LogP contribution in [0.15, 0.2) is 41.8 Å². The van der Waals surface area contributed by atoms with E-state index in [-0.39, 0.29) is 5.91 Å². The summed E-state index contributed by atoms with van der Waals surface area (Å²) in [4.78, 5) is 13.7. The van der Waals surface area contributed by atoms with Crippen LogP contribution in [0.4, 0.5) is 5.69 Å². The zero-order chi connectivity index (χ0) is 15.4. The lowest BCUT2D eigenvalue weighted by atomic mass is 10.0. The Hall–Kier alpha value is -2.54. The van der Waals surface area contributed by atoms with Gasteiger partial charge in [-0.15, -0.1) is 21.5 Å². The normalized spacial score (nSPS) is 12.0. The molecule has 22 heavy (non-hydrogen) atoms. The van der Waals surface area contributed by atoms with Crippen molar-refractivity contribution in [1.29, 1.82) is 0 Å². The molecule has 6 nitrogen and oxygen atoms in total. The number of tetrazole rings is 1. The molecule has 0 fully saturated rings. The van der Waals surface area contributed by atoms with Gasteiger partial charge in [-0.2, -0.15) is 5.21 Å². The van der Waals surface area contributed by atoms with Crippen LogP contribution in [0, 0.1) is 6.92 Å². The number of benzene rings is 1. The molecule has 3 rings (SSSR count). The van der Waals surface area contributed by atoms with Crippen LogP contribution in [0.2, 0.25) is 0 Å². The van der Waals surface area contributed by atoms with Gasteiger partial charge in [-0.3, -0.25) is 4.79 Å². The maximum Gasteiger partial charge on any atom is 0.235 e. The molecule has 2 heterocycles. The monoisotopic (exact) mass is 313 g/mol. The van der Waals surface area contributed by atoms with Crippen molar-refractivity contribution < 1.29 is 4.79 Å². The second-order valence-electron chi connectivity index (χ2n) is 4.96. The lowest BCUT2D eigenvalue weighted by molar-refractivity contribution is -0.117. The molecule has 1 unspecified atom stereocenters. The first kappa shape index (κ1) is 14.4. The first-order valence-electron chi connectivity index (χ1n) is 6.85. The van der Waals surface area contributed by atoms with Gasteiger partial charge in [-0.1, -0.05) is 29.0 Å². The Morgan fingerprint density at radius 2 is 2.14 bits per heavy atom. The van der Waals surface area contributed by atoms with Gasteiger partial charge in [0.05, 0.1) is 0 Å². The summed E-state index contributed by atoms with van der Waals surface area (Å²) in [5, 5.41) is 18.8. The van der Waals surface area contributed by atoms with E-state index in [9.17, 15) is 4.79 Å². The number of anilines is 1. The number of carbonyl (C=O) groups is 1. The van der Waals surface area contributed by atoms with Gasteiger partial charge >= 0.3 is 0 Å². The Morgan fingerprint density at radius 1 is 1.32 bits per heavy atom. The third-order valence-corrected chi connectivity index (χ3v) is 4.19. The standard InChI is InChI=1S/C15H15N5OS/c1-10-4-6-11(7-5-10)16-15(21)13(14-17-19-20-18-14)9-12-3-2-8-22-12/h2-8,13H,9H2,1H3,(H,16,21)(H,17,18,19,20). The van der Waals surface area contributed by atoms with Crippen LogP contribution in [-0.2, 0) is 11.2 Å². The zero-order valence-corrected chi connectivity index (χ0v) is 12.8. The van der Waals surface area contributed by atoms with Gasteiger partial charge in [0, 0.05) is 17.0 Å². The van der Waals surface area contributed by atoms with Crippen LogP contribution in [0.3, 0.4) is 0 Å². The first-order valence-corrected chi connectivity index (χ1v) is 7.73. The molecule has 0 aliphatic carbocycles. The highest BCUT2D eigenvalue weighted by molar-refractivity contribution is 7.09. The van der Waals surface area contributed by atoms with E-state index < -0.39 is 5.92 Å². The van der Waals surface area contributed by atoms with Crippen molar-refractivity contribution >= 4 is 22.9 Å². The number of hydrogen-bond acceptors (Lipinski definition) is 5. The number of amides is 1. The number of aryl methyl sites for hydroxylation is 1. The summed E-state index contributed by atoms with van der Waals surface area (Å²) in [6.45, 7) is 2.00. The molecular formula is C15H15N5OS. The van der Waals surface area contributed by atoms with Gasteiger partial charge in [-0.05, 0) is 30.5 Å². The molecule has 1 amide bonds. The summed E-state index contributed by atoms with van der Waals surface area (Å²) in [6.07, 6.45) is 0.550. The molecule has 112 valence electrons. The second-order valence-corrected chi connectivity index (χ2v) is 5.99. The van der Waals surface area contributed by atoms with E-state index >= 15 is 0 Å². The first-order chi connectivity index (χ1) is 10.7. The molecule has 0 aliphatic rings. The Bertz CT molecular complexity index is 722. The van der Waals surface area contributed by atoms with E-state index in [1.807, 2.05) is 48.7 Å². The van der Waals surface area contributed by atoms with Gasteiger partial charge in [0.1, 0.15) is 5.92 Å². The fraction of sp³-hybridized carbons (Fsp3) is 0.200. The van der Waals surface area contributed by atoms with Crippen LogP contribution in [0.25, 0.3) is 0 Å². The van der Waals surface area contributed by atoms with Crippen molar-refractivity contribution in [2.45, 2.75) is 19.3 Å². The smallest absolute Gasteiger partial charge is 0.235 e. The third-order valence-electron chi connectivity index (χ3n) is 3.29. The summed E-state index contributed by atoms with van der Waals surface area (Å²) in [5.41, 5.74) is 1.90. The molecule has 0 spiro atoms. The molecule has 0 aliphatic heterocycles. The number of H-pyrrole nitrogens is 1. The lowest BCUT2D eigenvalue weighted by Gasteiger charge is -2.13. The molecule has 0 saturated heterocycles. The van der Waals surface area contributed by atoms with Gasteiger partial charge in [0.25, 0.3) is 0 Å². The Kier molecular flexibility index (Phi) is 4.24. The highest BCUT2D eigenvalue weighted by Crippen LogP contribution is 2.22. The minimum absolute atomic E-state index is 0.140. The molecule has 0 bridgehead atoms. The molecule has 1 atom stereocenters. The van der Waals surface area contributed by atoms with Crippen LogP contribution >= 0.6 is 11.3 Å². The number of rotatable bonds is 5. The lowest BCUT2D eigenvalue weighted by Crippen LogP contribution is -2.24. The predicted octanol–water partition coefficient (Wildman–Crippen LogP) is 2.53. The fourth-order valence-electron chi connectivity index (χ4n) is 2.11. The van der Waals surface area contributed by atoms with Crippen molar-refractivity contribution in [3.05, 3.63) is 58.0 Å². The minimum Gasteiger partial charge on any atom is -0.325 e. The van der Waals surface area contributed by atoms with E-state index in [1.54, 1.807) is 11.3 Å². The average molecular weight is 313 g/mol. The maximum atomic E-state index is 12.6. The summed E-state index contributed by atoms with van der Waals surface area (Å²) in [5.74, 6) is -0.213. The molecule has 2 N–H and O–H groups in total. The van der Waals surface area contributed by atoms with Gasteiger partial charge in [-0.25, -0.2) is 0 Å². The number of carbonyl (C=O) groups excluding carboxylic acids is 1. The molecular weight excluding hydrogens is 298 g/mol. The fourth-order valence-corrected chi connectivity index (χ4v) is 2.87. The predicted molar refractivity (Wildman–Crippen MR) is 84.8 cm³/mol. The Balaban J connectivity index is 1.79. The largest absolute Gasteiger partial charge is 0.325 e. The van der Waals surface area contributed by atoms with Gasteiger partial charge in [0.2, 0.25) is 5.91 Å². The number of aromatic amines is 1.